The van der Waals surface area contributed by atoms with Gasteiger partial charge in [-0.3, -0.25) is 9.59 Å². The lowest BCUT2D eigenvalue weighted by Crippen LogP contribution is -2.10. The highest BCUT2D eigenvalue weighted by molar-refractivity contribution is 6.07. The van der Waals surface area contributed by atoms with Gasteiger partial charge in [-0.25, -0.2) is 4.98 Å². The molecule has 0 aliphatic rings. The highest BCUT2D eigenvalue weighted by Gasteiger charge is 2.10. The molecular weight excluding hydrogens is 296 g/mol. The quantitative estimate of drug-likeness (QED) is 0.508. The lowest BCUT2D eigenvalue weighted by molar-refractivity contribution is 0.104. The summed E-state index contributed by atoms with van der Waals surface area (Å²) in [5.41, 5.74) is 0.0792. The summed E-state index contributed by atoms with van der Waals surface area (Å²) in [6.07, 6.45) is 3.95. The van der Waals surface area contributed by atoms with Crippen molar-refractivity contribution in [2.45, 2.75) is 0 Å². The van der Waals surface area contributed by atoms with Gasteiger partial charge in [0, 0.05) is 11.8 Å². The number of nitrogens with zero attached hydrogens (tertiary/aromatic N) is 1. The Morgan fingerprint density at radius 1 is 1.13 bits per heavy atom. The number of hydrogen-bond acceptors (Lipinski definition) is 5. The van der Waals surface area contributed by atoms with Gasteiger partial charge < -0.3 is 15.2 Å². The van der Waals surface area contributed by atoms with Crippen LogP contribution in [0.15, 0.2) is 53.5 Å². The number of nitrogens with one attached hydrogen (secondary N) is 1. The predicted molar refractivity (Wildman–Crippen MR) is 85.5 cm³/mol. The van der Waals surface area contributed by atoms with E-state index in [-0.39, 0.29) is 28.5 Å². The van der Waals surface area contributed by atoms with Crippen molar-refractivity contribution >= 4 is 22.9 Å². The lowest BCUT2D eigenvalue weighted by Gasteiger charge is -2.03. The van der Waals surface area contributed by atoms with Gasteiger partial charge in [-0.2, -0.15) is 0 Å². The van der Waals surface area contributed by atoms with Gasteiger partial charge in [-0.15, -0.1) is 0 Å². The molecule has 0 saturated heterocycles. The number of phenolic OH excluding ortho intramolecular Hbond substituents is 1. The molecule has 0 spiro atoms. The van der Waals surface area contributed by atoms with E-state index >= 15 is 0 Å². The molecule has 6 nitrogen and oxygen atoms in total. The molecule has 0 saturated carbocycles. The lowest BCUT2D eigenvalue weighted by atomic mass is 10.1. The molecule has 3 aromatic rings. The standard InChI is InChI=1S/C17H12N2O4/c20-11-5-3-10(4-6-11)14(21)8-7-13-15(22)12-2-1-9-18-16(12)19-17(13)23/h1-9,20H,(H2,18,19,22,23)/b8-7+. The molecule has 0 aliphatic carbocycles. The van der Waals surface area contributed by atoms with Gasteiger partial charge in [0.05, 0.1) is 10.9 Å². The fourth-order valence-electron chi connectivity index (χ4n) is 2.16. The number of fused-ring (bicyclic) bond motifs is 1. The van der Waals surface area contributed by atoms with E-state index < -0.39 is 5.56 Å². The van der Waals surface area contributed by atoms with Crippen LogP contribution in [0.25, 0.3) is 17.1 Å². The van der Waals surface area contributed by atoms with E-state index in [4.69, 9.17) is 0 Å². The van der Waals surface area contributed by atoms with Crippen LogP contribution in [0, 0.1) is 0 Å². The van der Waals surface area contributed by atoms with Crippen molar-refractivity contribution in [1.82, 2.24) is 9.97 Å². The maximum Gasteiger partial charge on any atom is 0.260 e. The Labute approximate surface area is 130 Å². The number of carbonyl (C=O) groups is 1. The number of H-pyrrole nitrogens is 1. The van der Waals surface area contributed by atoms with Crippen LogP contribution in [0.5, 0.6) is 11.5 Å². The fraction of sp³-hybridized carbons (Fsp3) is 0. The largest absolute Gasteiger partial charge is 0.508 e. The minimum atomic E-state index is -0.538. The molecule has 0 atom stereocenters. The smallest absolute Gasteiger partial charge is 0.260 e. The number of allylic oxidation sites excluding steroid dienone is 1. The number of phenols is 1. The minimum Gasteiger partial charge on any atom is -0.508 e. The number of carbonyl (C=O) groups excluding carboxylic acids is 1. The Morgan fingerprint density at radius 2 is 1.87 bits per heavy atom. The van der Waals surface area contributed by atoms with Crippen molar-refractivity contribution in [3.05, 3.63) is 70.2 Å². The van der Waals surface area contributed by atoms with E-state index in [2.05, 4.69) is 9.97 Å². The van der Waals surface area contributed by atoms with Gasteiger partial charge in [0.1, 0.15) is 17.1 Å². The highest BCUT2D eigenvalue weighted by Crippen LogP contribution is 2.24. The number of hydrogen-bond donors (Lipinski definition) is 3. The van der Waals surface area contributed by atoms with Crippen LogP contribution in [-0.2, 0) is 0 Å². The number of rotatable bonds is 3. The molecule has 2 aromatic heterocycles. The third-order valence-electron chi connectivity index (χ3n) is 3.35. The molecule has 114 valence electrons. The second-order valence-electron chi connectivity index (χ2n) is 4.86. The molecule has 0 unspecified atom stereocenters. The Hall–Kier alpha value is -3.41. The van der Waals surface area contributed by atoms with E-state index in [0.29, 0.717) is 10.9 Å². The zero-order valence-electron chi connectivity index (χ0n) is 11.9. The van der Waals surface area contributed by atoms with Crippen LogP contribution in [0.1, 0.15) is 15.9 Å². The van der Waals surface area contributed by atoms with Crippen molar-refractivity contribution in [2.75, 3.05) is 0 Å². The molecule has 0 amide bonds. The third kappa shape index (κ3) is 2.82. The van der Waals surface area contributed by atoms with E-state index in [1.54, 1.807) is 12.1 Å². The van der Waals surface area contributed by atoms with E-state index in [1.807, 2.05) is 0 Å². The Morgan fingerprint density at radius 3 is 2.61 bits per heavy atom. The second-order valence-corrected chi connectivity index (χ2v) is 4.86. The minimum absolute atomic E-state index is 0.0161. The first-order valence-corrected chi connectivity index (χ1v) is 6.77. The van der Waals surface area contributed by atoms with Crippen LogP contribution in [0.4, 0.5) is 0 Å². The number of pyridine rings is 2. The molecule has 3 N–H and O–H groups in total. The first kappa shape index (κ1) is 14.5. The maximum absolute atomic E-state index is 12.0. The molecule has 0 radical (unpaired) electrons. The normalized spacial score (nSPS) is 11.1. The Balaban J connectivity index is 1.99. The summed E-state index contributed by atoms with van der Waals surface area (Å²) in [7, 11) is 0. The van der Waals surface area contributed by atoms with Crippen LogP contribution < -0.4 is 5.56 Å². The van der Waals surface area contributed by atoms with Gasteiger partial charge in [-0.05, 0) is 48.6 Å². The van der Waals surface area contributed by atoms with Crippen LogP contribution >= 0.6 is 0 Å². The number of benzene rings is 1. The molecule has 0 bridgehead atoms. The molecule has 23 heavy (non-hydrogen) atoms. The van der Waals surface area contributed by atoms with Gasteiger partial charge >= 0.3 is 0 Å². The number of ketones is 1. The molecule has 2 heterocycles. The highest BCUT2D eigenvalue weighted by atomic mass is 16.3. The van der Waals surface area contributed by atoms with E-state index in [1.165, 1.54) is 42.6 Å². The molecule has 0 aliphatic heterocycles. The zero-order valence-corrected chi connectivity index (χ0v) is 11.9. The maximum atomic E-state index is 12.0. The SMILES string of the molecule is O=C(/C=C/c1c(O)c2cccnc2[nH]c1=O)c1ccc(O)cc1. The first-order chi connectivity index (χ1) is 11.1. The molecule has 6 heteroatoms. The summed E-state index contributed by atoms with van der Waals surface area (Å²) < 4.78 is 0. The van der Waals surface area contributed by atoms with Crippen molar-refractivity contribution < 1.29 is 15.0 Å². The zero-order chi connectivity index (χ0) is 16.4. The predicted octanol–water partition coefficient (Wildman–Crippen LogP) is 2.23. The Bertz CT molecular complexity index is 972. The average Bonchev–Trinajstić information content (AvgIpc) is 2.55. The fourth-order valence-corrected chi connectivity index (χ4v) is 2.16. The number of aromatic nitrogens is 2. The van der Waals surface area contributed by atoms with E-state index in [0.717, 1.165) is 0 Å². The van der Waals surface area contributed by atoms with Crippen molar-refractivity contribution in [2.24, 2.45) is 0 Å². The second kappa shape index (κ2) is 5.76. The van der Waals surface area contributed by atoms with Gasteiger partial charge in [0.25, 0.3) is 5.56 Å². The van der Waals surface area contributed by atoms with Crippen molar-refractivity contribution in [3.8, 4) is 11.5 Å². The van der Waals surface area contributed by atoms with E-state index in [9.17, 15) is 19.8 Å². The summed E-state index contributed by atoms with van der Waals surface area (Å²) >= 11 is 0. The molecule has 0 fully saturated rings. The molecule has 3 rings (SSSR count). The van der Waals surface area contributed by atoms with Gasteiger partial charge in [-0.1, -0.05) is 0 Å². The van der Waals surface area contributed by atoms with Crippen LogP contribution in [-0.4, -0.2) is 26.0 Å². The summed E-state index contributed by atoms with van der Waals surface area (Å²) in [5, 5.41) is 19.8. The first-order valence-electron chi connectivity index (χ1n) is 6.77. The topological polar surface area (TPSA) is 103 Å². The van der Waals surface area contributed by atoms with Crippen molar-refractivity contribution in [1.29, 1.82) is 0 Å². The van der Waals surface area contributed by atoms with Gasteiger partial charge in [0.2, 0.25) is 0 Å². The molecule has 1 aromatic carbocycles. The molecular formula is C17H12N2O4. The number of aromatic hydroxyl groups is 2. The average molecular weight is 308 g/mol. The monoisotopic (exact) mass is 308 g/mol. The van der Waals surface area contributed by atoms with Crippen molar-refractivity contribution in [3.63, 3.8) is 0 Å². The van der Waals surface area contributed by atoms with Gasteiger partial charge in [0.15, 0.2) is 5.78 Å². The van der Waals surface area contributed by atoms with Crippen LogP contribution in [0.2, 0.25) is 0 Å². The van der Waals surface area contributed by atoms with Crippen LogP contribution in [0.3, 0.4) is 0 Å². The third-order valence-corrected chi connectivity index (χ3v) is 3.35. The summed E-state index contributed by atoms with van der Waals surface area (Å²) in [4.78, 5) is 30.5. The summed E-state index contributed by atoms with van der Waals surface area (Å²) in [6, 6.07) is 8.98. The number of aromatic amines is 1. The summed E-state index contributed by atoms with van der Waals surface area (Å²) in [6.45, 7) is 0. The summed E-state index contributed by atoms with van der Waals surface area (Å²) in [5.74, 6) is -0.525. The Kier molecular flexibility index (Phi) is 3.64.